The maximum Gasteiger partial charge on any atom is 0.289 e. The number of amides is 5. The van der Waals surface area contributed by atoms with E-state index in [9.17, 15) is 28.8 Å². The van der Waals surface area contributed by atoms with E-state index >= 15 is 0 Å². The molecule has 1 aliphatic heterocycles. The van der Waals surface area contributed by atoms with Crippen LogP contribution in [0, 0.1) is 23.2 Å². The first-order valence-corrected chi connectivity index (χ1v) is 18.2. The van der Waals surface area contributed by atoms with E-state index in [1.54, 1.807) is 4.90 Å². The molecule has 13 nitrogen and oxygen atoms in total. The fourth-order valence-corrected chi connectivity index (χ4v) is 7.87. The van der Waals surface area contributed by atoms with Gasteiger partial charge in [-0.1, -0.05) is 59.8 Å². The molecule has 4 N–H and O–H groups in total. The number of hydrogen-bond acceptors (Lipinski definition) is 8. The van der Waals surface area contributed by atoms with Crippen LogP contribution in [-0.4, -0.2) is 86.9 Å². The number of nitrogens with one attached hydrogen (secondary N) is 4. The van der Waals surface area contributed by atoms with Crippen LogP contribution < -0.4 is 21.3 Å². The molecule has 6 atom stereocenters. The monoisotopic (exact) mass is 679 g/mol. The third-order valence-corrected chi connectivity index (χ3v) is 10.7. The van der Waals surface area contributed by atoms with E-state index in [-0.39, 0.29) is 35.4 Å². The highest BCUT2D eigenvalue weighted by atomic mass is 16.2. The average Bonchev–Trinajstić information content (AvgIpc) is 3.65. The molecule has 49 heavy (non-hydrogen) atoms. The lowest BCUT2D eigenvalue weighted by atomic mass is 9.82. The second-order valence-electron chi connectivity index (χ2n) is 15.5. The van der Waals surface area contributed by atoms with Crippen LogP contribution in [0.2, 0.25) is 0 Å². The quantitative estimate of drug-likeness (QED) is 0.230. The van der Waals surface area contributed by atoms with Gasteiger partial charge in [0.05, 0.1) is 12.2 Å². The number of nitrogens with zero attached hydrogens (tertiary/aromatic N) is 3. The molecule has 0 spiro atoms. The number of rotatable bonds is 13. The molecule has 5 rings (SSSR count). The summed E-state index contributed by atoms with van der Waals surface area (Å²) in [6.45, 7) is 7.85. The second-order valence-corrected chi connectivity index (χ2v) is 15.5. The average molecular weight is 680 g/mol. The molecule has 4 fully saturated rings. The van der Waals surface area contributed by atoms with Crippen LogP contribution in [0.4, 0.5) is 0 Å². The van der Waals surface area contributed by atoms with E-state index in [1.165, 1.54) is 18.6 Å². The summed E-state index contributed by atoms with van der Waals surface area (Å²) in [5.41, 5.74) is -0.638. The molecule has 5 amide bonds. The zero-order valence-electron chi connectivity index (χ0n) is 29.3. The molecule has 0 bridgehead atoms. The highest BCUT2D eigenvalue weighted by Crippen LogP contribution is 2.43. The van der Waals surface area contributed by atoms with Crippen molar-refractivity contribution in [2.24, 2.45) is 23.2 Å². The molecule has 3 saturated carbocycles. The fourth-order valence-electron chi connectivity index (χ4n) is 7.87. The van der Waals surface area contributed by atoms with Gasteiger partial charge in [0.25, 0.3) is 11.8 Å². The Morgan fingerprint density at radius 1 is 0.898 bits per heavy atom. The highest BCUT2D eigenvalue weighted by molar-refractivity contribution is 6.38. The first kappa shape index (κ1) is 36.4. The fraction of sp³-hybridized carbons (Fsp3) is 0.722. The van der Waals surface area contributed by atoms with Gasteiger partial charge in [-0.15, -0.1) is 0 Å². The Labute approximate surface area is 288 Å². The molecule has 1 aromatic heterocycles. The van der Waals surface area contributed by atoms with E-state index in [2.05, 4.69) is 31.2 Å². The van der Waals surface area contributed by atoms with E-state index in [0.29, 0.717) is 19.4 Å². The summed E-state index contributed by atoms with van der Waals surface area (Å²) in [6.07, 6.45) is 13.9. The van der Waals surface area contributed by atoms with Gasteiger partial charge in [0, 0.05) is 25.0 Å². The minimum atomic E-state index is -0.994. The van der Waals surface area contributed by atoms with Crippen molar-refractivity contribution in [3.8, 4) is 0 Å². The summed E-state index contributed by atoms with van der Waals surface area (Å²) in [7, 11) is 0. The Bertz CT molecular complexity index is 1390. The summed E-state index contributed by atoms with van der Waals surface area (Å²) in [4.78, 5) is 91.4. The molecule has 13 heteroatoms. The van der Waals surface area contributed by atoms with Crippen molar-refractivity contribution in [3.63, 3.8) is 0 Å². The molecule has 268 valence electrons. The van der Waals surface area contributed by atoms with Gasteiger partial charge in [-0.05, 0) is 68.1 Å². The normalized spacial score (nSPS) is 24.2. The summed E-state index contributed by atoms with van der Waals surface area (Å²) < 4.78 is 0. The van der Waals surface area contributed by atoms with Crippen molar-refractivity contribution in [1.82, 2.24) is 36.1 Å². The zero-order chi connectivity index (χ0) is 35.3. The van der Waals surface area contributed by atoms with Gasteiger partial charge in [0.2, 0.25) is 23.5 Å². The van der Waals surface area contributed by atoms with Crippen molar-refractivity contribution in [3.05, 3.63) is 24.3 Å². The summed E-state index contributed by atoms with van der Waals surface area (Å²) in [5.74, 6) is -3.20. The number of hydrogen-bond donors (Lipinski definition) is 4. The molecule has 3 aliphatic carbocycles. The van der Waals surface area contributed by atoms with Crippen molar-refractivity contribution in [2.45, 2.75) is 135 Å². The SMILES string of the molecule is CCC[C@H](NC(=O)[C@H]1[C@@H]2CCC[C@H]2CN1C(=O)[C@H](NC(=O)[C@H](NC(=O)c1cnccn1)C1CCCCC1)C(C)(C)C)C(=O)C(=O)NC1CC1. The summed E-state index contributed by atoms with van der Waals surface area (Å²) >= 11 is 0. The molecule has 1 aromatic rings. The lowest BCUT2D eigenvalue weighted by Crippen LogP contribution is -2.62. The van der Waals surface area contributed by atoms with Crippen molar-refractivity contribution in [1.29, 1.82) is 0 Å². The molecule has 4 aliphatic rings. The van der Waals surface area contributed by atoms with Gasteiger partial charge in [-0.3, -0.25) is 33.8 Å². The van der Waals surface area contributed by atoms with Crippen molar-refractivity contribution >= 4 is 35.3 Å². The van der Waals surface area contributed by atoms with Gasteiger partial charge in [0.1, 0.15) is 23.8 Å². The summed E-state index contributed by atoms with van der Waals surface area (Å²) in [5, 5.41) is 11.5. The lowest BCUT2D eigenvalue weighted by molar-refractivity contribution is -0.146. The summed E-state index contributed by atoms with van der Waals surface area (Å²) in [6, 6.07) is -3.68. The Hall–Kier alpha value is -3.90. The van der Waals surface area contributed by atoms with Gasteiger partial charge >= 0.3 is 0 Å². The van der Waals surface area contributed by atoms with E-state index in [1.807, 2.05) is 27.7 Å². The maximum atomic E-state index is 14.6. The first-order chi connectivity index (χ1) is 23.4. The van der Waals surface area contributed by atoms with E-state index in [0.717, 1.165) is 64.2 Å². The van der Waals surface area contributed by atoms with Gasteiger partial charge in [0.15, 0.2) is 0 Å². The number of fused-ring (bicyclic) bond motifs is 1. The lowest BCUT2D eigenvalue weighted by Gasteiger charge is -2.38. The Balaban J connectivity index is 1.36. The zero-order valence-corrected chi connectivity index (χ0v) is 29.3. The van der Waals surface area contributed by atoms with Crippen LogP contribution in [0.25, 0.3) is 0 Å². The molecular weight excluding hydrogens is 626 g/mol. The van der Waals surface area contributed by atoms with E-state index in [4.69, 9.17) is 0 Å². The van der Waals surface area contributed by atoms with E-state index < -0.39 is 59.0 Å². The van der Waals surface area contributed by atoms with Crippen LogP contribution in [0.15, 0.2) is 18.6 Å². The molecule has 1 saturated heterocycles. The molecule has 0 unspecified atom stereocenters. The van der Waals surface area contributed by atoms with Crippen LogP contribution >= 0.6 is 0 Å². The third kappa shape index (κ3) is 8.83. The standard InChI is InChI=1S/C36H53N7O6/c1-5-10-25(29(44)34(48)39-23-15-16-23)40-33(47)28-24-14-9-13-22(24)20-43(28)35(49)30(36(2,3)4)42-32(46)27(21-11-7-6-8-12-21)41-31(45)26-19-37-17-18-38-26/h17-19,21-25,27-28,30H,5-16,20H2,1-4H3,(H,39,48)(H,40,47)(H,41,45)(H,42,46)/t22-,24+,25-,27+,28+,30-/m0/s1. The number of ketones is 1. The van der Waals surface area contributed by atoms with Crippen molar-refractivity contribution in [2.75, 3.05) is 6.54 Å². The van der Waals surface area contributed by atoms with Crippen LogP contribution in [0.1, 0.15) is 115 Å². The van der Waals surface area contributed by atoms with Crippen LogP contribution in [-0.2, 0) is 24.0 Å². The second kappa shape index (κ2) is 15.8. The number of carbonyl (C=O) groups is 6. The number of Topliss-reactive ketones (excluding diaryl/α,β-unsaturated/α-hetero) is 1. The minimum absolute atomic E-state index is 0.0132. The number of carbonyl (C=O) groups excluding carboxylic acids is 6. The van der Waals surface area contributed by atoms with Crippen LogP contribution in [0.5, 0.6) is 0 Å². The molecule has 2 heterocycles. The van der Waals surface area contributed by atoms with Gasteiger partial charge < -0.3 is 26.2 Å². The maximum absolute atomic E-state index is 14.6. The Morgan fingerprint density at radius 2 is 1.63 bits per heavy atom. The highest BCUT2D eigenvalue weighted by Gasteiger charge is 2.52. The van der Waals surface area contributed by atoms with Crippen LogP contribution in [0.3, 0.4) is 0 Å². The number of likely N-dealkylation sites (tertiary alicyclic amines) is 1. The number of aromatic nitrogens is 2. The predicted octanol–water partition coefficient (Wildman–Crippen LogP) is 2.45. The largest absolute Gasteiger partial charge is 0.347 e. The van der Waals surface area contributed by atoms with Gasteiger partial charge in [-0.2, -0.15) is 0 Å². The smallest absolute Gasteiger partial charge is 0.289 e. The third-order valence-electron chi connectivity index (χ3n) is 10.7. The predicted molar refractivity (Wildman–Crippen MR) is 181 cm³/mol. The minimum Gasteiger partial charge on any atom is -0.347 e. The Kier molecular flexibility index (Phi) is 11.7. The topological polar surface area (TPSA) is 180 Å². The molecule has 0 aromatic carbocycles. The molecular formula is C36H53N7O6. The van der Waals surface area contributed by atoms with Crippen molar-refractivity contribution < 1.29 is 28.8 Å². The van der Waals surface area contributed by atoms with Gasteiger partial charge in [-0.25, -0.2) is 4.98 Å². The molecule has 0 radical (unpaired) electrons. The Morgan fingerprint density at radius 3 is 2.27 bits per heavy atom. The first-order valence-electron chi connectivity index (χ1n) is 18.2.